The molecule has 1 N–H and O–H groups in total. The molecule has 2 amide bonds. The van der Waals surface area contributed by atoms with Gasteiger partial charge in [0.25, 0.3) is 5.91 Å². The molecule has 0 saturated carbocycles. The summed E-state index contributed by atoms with van der Waals surface area (Å²) in [6.07, 6.45) is 1.83. The minimum Gasteiger partial charge on any atom is -0.359 e. The second-order valence-electron chi connectivity index (χ2n) is 5.32. The van der Waals surface area contributed by atoms with Crippen molar-refractivity contribution < 1.29 is 9.59 Å². The first-order chi connectivity index (χ1) is 10.0. The van der Waals surface area contributed by atoms with Gasteiger partial charge < -0.3 is 10.2 Å². The summed E-state index contributed by atoms with van der Waals surface area (Å²) in [6.45, 7) is 7.07. The summed E-state index contributed by atoms with van der Waals surface area (Å²) in [6, 6.07) is 7.71. The molecule has 4 nitrogen and oxygen atoms in total. The summed E-state index contributed by atoms with van der Waals surface area (Å²) in [5.41, 5.74) is 1.90. The van der Waals surface area contributed by atoms with E-state index in [1.807, 2.05) is 38.1 Å². The standard InChI is InChI=1S/C17H26N2O2/c1-5-11-19(12-13(3)16(20)18-4)17(21)15-9-7-14(6-2)8-10-15/h7-10,13H,5-6,11-12H2,1-4H3,(H,18,20). The zero-order valence-corrected chi connectivity index (χ0v) is 13.5. The molecule has 0 aromatic heterocycles. The van der Waals surface area contributed by atoms with E-state index in [1.54, 1.807) is 11.9 Å². The maximum Gasteiger partial charge on any atom is 0.253 e. The maximum atomic E-state index is 12.6. The van der Waals surface area contributed by atoms with Crippen molar-refractivity contribution in [1.29, 1.82) is 0 Å². The van der Waals surface area contributed by atoms with Gasteiger partial charge in [-0.15, -0.1) is 0 Å². The van der Waals surface area contributed by atoms with E-state index >= 15 is 0 Å². The van der Waals surface area contributed by atoms with Gasteiger partial charge >= 0.3 is 0 Å². The van der Waals surface area contributed by atoms with E-state index in [4.69, 9.17) is 0 Å². The number of aryl methyl sites for hydroxylation is 1. The first kappa shape index (κ1) is 17.2. The van der Waals surface area contributed by atoms with Crippen LogP contribution in [0.1, 0.15) is 43.1 Å². The number of carbonyl (C=O) groups is 2. The molecule has 0 radical (unpaired) electrons. The number of hydrogen-bond acceptors (Lipinski definition) is 2. The van der Waals surface area contributed by atoms with Gasteiger partial charge in [-0.25, -0.2) is 0 Å². The lowest BCUT2D eigenvalue weighted by atomic mass is 10.1. The molecule has 116 valence electrons. The molecule has 0 heterocycles. The summed E-state index contributed by atoms with van der Waals surface area (Å²) < 4.78 is 0. The molecule has 1 atom stereocenters. The van der Waals surface area contributed by atoms with Gasteiger partial charge in [-0.2, -0.15) is 0 Å². The zero-order valence-electron chi connectivity index (χ0n) is 13.5. The van der Waals surface area contributed by atoms with Crippen molar-refractivity contribution in [2.45, 2.75) is 33.6 Å². The number of nitrogens with one attached hydrogen (secondary N) is 1. The predicted molar refractivity (Wildman–Crippen MR) is 85.2 cm³/mol. The van der Waals surface area contributed by atoms with Crippen molar-refractivity contribution in [3.05, 3.63) is 35.4 Å². The molecule has 0 aliphatic heterocycles. The molecule has 1 aromatic carbocycles. The normalized spacial score (nSPS) is 11.8. The smallest absolute Gasteiger partial charge is 0.253 e. The van der Waals surface area contributed by atoms with Crippen LogP contribution in [0.4, 0.5) is 0 Å². The SMILES string of the molecule is CCCN(CC(C)C(=O)NC)C(=O)c1ccc(CC)cc1. The van der Waals surface area contributed by atoms with Crippen LogP contribution >= 0.6 is 0 Å². The molecule has 21 heavy (non-hydrogen) atoms. The second-order valence-corrected chi connectivity index (χ2v) is 5.32. The number of nitrogens with zero attached hydrogens (tertiary/aromatic N) is 1. The Hall–Kier alpha value is -1.84. The lowest BCUT2D eigenvalue weighted by molar-refractivity contribution is -0.124. The van der Waals surface area contributed by atoms with Crippen LogP contribution in [0.15, 0.2) is 24.3 Å². The molecular formula is C17H26N2O2. The Morgan fingerprint density at radius 1 is 1.19 bits per heavy atom. The summed E-state index contributed by atoms with van der Waals surface area (Å²) in [7, 11) is 1.62. The fourth-order valence-electron chi connectivity index (χ4n) is 2.27. The number of hydrogen-bond donors (Lipinski definition) is 1. The monoisotopic (exact) mass is 290 g/mol. The molecule has 1 unspecified atom stereocenters. The van der Waals surface area contributed by atoms with Gasteiger partial charge in [-0.1, -0.05) is 32.9 Å². The van der Waals surface area contributed by atoms with E-state index in [2.05, 4.69) is 12.2 Å². The quantitative estimate of drug-likeness (QED) is 0.838. The van der Waals surface area contributed by atoms with E-state index < -0.39 is 0 Å². The molecular weight excluding hydrogens is 264 g/mol. The minimum atomic E-state index is -0.208. The second kappa shape index (κ2) is 8.45. The highest BCUT2D eigenvalue weighted by molar-refractivity contribution is 5.94. The van der Waals surface area contributed by atoms with Crippen molar-refractivity contribution in [3.8, 4) is 0 Å². The van der Waals surface area contributed by atoms with Crippen LogP contribution in [0.3, 0.4) is 0 Å². The fraction of sp³-hybridized carbons (Fsp3) is 0.529. The highest BCUT2D eigenvalue weighted by Gasteiger charge is 2.20. The lowest BCUT2D eigenvalue weighted by Gasteiger charge is -2.25. The third-order valence-electron chi connectivity index (χ3n) is 3.58. The van der Waals surface area contributed by atoms with Gasteiger partial charge in [0, 0.05) is 25.7 Å². The van der Waals surface area contributed by atoms with E-state index in [1.165, 1.54) is 5.56 Å². The van der Waals surface area contributed by atoms with E-state index in [-0.39, 0.29) is 17.7 Å². The van der Waals surface area contributed by atoms with Crippen LogP contribution in [0.2, 0.25) is 0 Å². The Labute approximate surface area is 127 Å². The average Bonchev–Trinajstić information content (AvgIpc) is 2.52. The number of carbonyl (C=O) groups excluding carboxylic acids is 2. The topological polar surface area (TPSA) is 49.4 Å². The summed E-state index contributed by atoms with van der Waals surface area (Å²) in [5, 5.41) is 2.63. The molecule has 1 rings (SSSR count). The molecule has 0 fully saturated rings. The van der Waals surface area contributed by atoms with Crippen molar-refractivity contribution in [3.63, 3.8) is 0 Å². The van der Waals surface area contributed by atoms with Gasteiger partial charge in [0.1, 0.15) is 0 Å². The van der Waals surface area contributed by atoms with Gasteiger partial charge in [0.2, 0.25) is 5.91 Å². The van der Waals surface area contributed by atoms with Crippen molar-refractivity contribution in [2.75, 3.05) is 20.1 Å². The highest BCUT2D eigenvalue weighted by Crippen LogP contribution is 2.11. The van der Waals surface area contributed by atoms with Gasteiger partial charge in [0.05, 0.1) is 5.92 Å². The largest absolute Gasteiger partial charge is 0.359 e. The molecule has 0 aliphatic carbocycles. The summed E-state index contributed by atoms with van der Waals surface area (Å²) in [4.78, 5) is 26.0. The van der Waals surface area contributed by atoms with E-state index in [0.717, 1.165) is 12.8 Å². The first-order valence-corrected chi connectivity index (χ1v) is 7.63. The maximum absolute atomic E-state index is 12.6. The fourth-order valence-corrected chi connectivity index (χ4v) is 2.27. The first-order valence-electron chi connectivity index (χ1n) is 7.63. The predicted octanol–water partition coefficient (Wildman–Crippen LogP) is 2.48. The summed E-state index contributed by atoms with van der Waals surface area (Å²) >= 11 is 0. The van der Waals surface area contributed by atoms with Crippen LogP contribution < -0.4 is 5.32 Å². The zero-order chi connectivity index (χ0) is 15.8. The van der Waals surface area contributed by atoms with Crippen molar-refractivity contribution in [1.82, 2.24) is 10.2 Å². The number of amides is 2. The van der Waals surface area contributed by atoms with Crippen molar-refractivity contribution in [2.24, 2.45) is 5.92 Å². The molecule has 0 bridgehead atoms. The third-order valence-corrected chi connectivity index (χ3v) is 3.58. The van der Waals surface area contributed by atoms with Crippen molar-refractivity contribution >= 4 is 11.8 Å². The molecule has 1 aromatic rings. The lowest BCUT2D eigenvalue weighted by Crippen LogP contribution is -2.40. The molecule has 0 saturated heterocycles. The highest BCUT2D eigenvalue weighted by atomic mass is 16.2. The van der Waals surface area contributed by atoms with E-state index in [9.17, 15) is 9.59 Å². The molecule has 4 heteroatoms. The molecule has 0 spiro atoms. The molecule has 0 aliphatic rings. The van der Waals surface area contributed by atoms with Crippen LogP contribution in [-0.2, 0) is 11.2 Å². The third kappa shape index (κ3) is 4.88. The Bertz CT molecular complexity index is 468. The Balaban J connectivity index is 2.82. The van der Waals surface area contributed by atoms with Gasteiger partial charge in [-0.05, 0) is 30.5 Å². The number of rotatable bonds is 7. The average molecular weight is 290 g/mol. The Kier molecular flexibility index (Phi) is 6.92. The van der Waals surface area contributed by atoms with Crippen LogP contribution in [-0.4, -0.2) is 36.9 Å². The van der Waals surface area contributed by atoms with Crippen LogP contribution in [0.25, 0.3) is 0 Å². The van der Waals surface area contributed by atoms with Crippen LogP contribution in [0, 0.1) is 5.92 Å². The Morgan fingerprint density at radius 2 is 1.81 bits per heavy atom. The van der Waals surface area contributed by atoms with Gasteiger partial charge in [0.15, 0.2) is 0 Å². The summed E-state index contributed by atoms with van der Waals surface area (Å²) in [5.74, 6) is -0.249. The van der Waals surface area contributed by atoms with Crippen LogP contribution in [0.5, 0.6) is 0 Å². The minimum absolute atomic E-state index is 0.00439. The van der Waals surface area contributed by atoms with Gasteiger partial charge in [-0.3, -0.25) is 9.59 Å². The number of benzene rings is 1. The Morgan fingerprint density at radius 3 is 2.29 bits per heavy atom. The van der Waals surface area contributed by atoms with E-state index in [0.29, 0.717) is 18.7 Å².